The third kappa shape index (κ3) is 4.14. The molecule has 1 aliphatic heterocycles. The van der Waals surface area contributed by atoms with Crippen molar-refractivity contribution in [1.29, 1.82) is 0 Å². The molecule has 0 saturated heterocycles. The van der Waals surface area contributed by atoms with Crippen LogP contribution in [-0.2, 0) is 5.60 Å². The summed E-state index contributed by atoms with van der Waals surface area (Å²) < 4.78 is 23.8. The fourth-order valence-corrected chi connectivity index (χ4v) is 4.72. The lowest BCUT2D eigenvalue weighted by Crippen LogP contribution is -2.35. The standard InChI is InChI=1S/C30H25NO6/c1-34-23-17-27(35-2)29(28(18-23)36-3)25-19-30(20-10-6-4-7-11-20,21-12-8-5-9-13-21)37-26-15-14-22(31(32)33)16-24(25)26/h4-19H,1-3H3. The molecule has 0 bridgehead atoms. The molecule has 4 aromatic carbocycles. The Morgan fingerprint density at radius 3 is 1.81 bits per heavy atom. The molecule has 0 N–H and O–H groups in total. The summed E-state index contributed by atoms with van der Waals surface area (Å²) in [5.74, 6) is 2.05. The third-order valence-corrected chi connectivity index (χ3v) is 6.47. The van der Waals surface area contributed by atoms with Crippen LogP contribution in [-0.4, -0.2) is 26.3 Å². The zero-order chi connectivity index (χ0) is 26.0. The monoisotopic (exact) mass is 495 g/mol. The van der Waals surface area contributed by atoms with Crippen molar-refractivity contribution in [3.8, 4) is 23.0 Å². The van der Waals surface area contributed by atoms with Crippen molar-refractivity contribution in [2.24, 2.45) is 0 Å². The number of nitro benzene ring substituents is 1. The van der Waals surface area contributed by atoms with E-state index in [1.54, 1.807) is 39.5 Å². The van der Waals surface area contributed by atoms with Crippen LogP contribution in [0.3, 0.4) is 0 Å². The van der Waals surface area contributed by atoms with Gasteiger partial charge in [-0.05, 0) is 12.1 Å². The molecule has 7 nitrogen and oxygen atoms in total. The molecule has 0 amide bonds. The second kappa shape index (κ2) is 9.70. The van der Waals surface area contributed by atoms with Crippen molar-refractivity contribution >= 4 is 11.3 Å². The summed E-state index contributed by atoms with van der Waals surface area (Å²) in [4.78, 5) is 11.3. The van der Waals surface area contributed by atoms with Gasteiger partial charge in [-0.25, -0.2) is 0 Å². The highest BCUT2D eigenvalue weighted by molar-refractivity contribution is 5.91. The SMILES string of the molecule is COc1cc(OC)c(C2=CC(c3ccccc3)(c3ccccc3)Oc3ccc([N+](=O)[O-])cc32)c(OC)c1. The van der Waals surface area contributed by atoms with E-state index in [-0.39, 0.29) is 5.69 Å². The highest BCUT2D eigenvalue weighted by Gasteiger charge is 2.41. The normalized spacial score (nSPS) is 13.5. The van der Waals surface area contributed by atoms with Gasteiger partial charge in [0.25, 0.3) is 5.69 Å². The van der Waals surface area contributed by atoms with Gasteiger partial charge in [0.2, 0.25) is 0 Å². The quantitative estimate of drug-likeness (QED) is 0.218. The smallest absolute Gasteiger partial charge is 0.270 e. The molecule has 0 spiro atoms. The summed E-state index contributed by atoms with van der Waals surface area (Å²) in [5, 5.41) is 11.7. The van der Waals surface area contributed by atoms with Crippen LogP contribution in [0.25, 0.3) is 5.57 Å². The maximum Gasteiger partial charge on any atom is 0.270 e. The lowest BCUT2D eigenvalue weighted by Gasteiger charge is -2.38. The van der Waals surface area contributed by atoms with Crippen molar-refractivity contribution < 1.29 is 23.9 Å². The number of nitro groups is 1. The topological polar surface area (TPSA) is 80.1 Å². The van der Waals surface area contributed by atoms with Gasteiger partial charge in [-0.1, -0.05) is 60.7 Å². The van der Waals surface area contributed by atoms with Crippen LogP contribution in [0.15, 0.2) is 97.1 Å². The summed E-state index contributed by atoms with van der Waals surface area (Å²) in [7, 11) is 4.69. The van der Waals surface area contributed by atoms with Crippen molar-refractivity contribution in [1.82, 2.24) is 0 Å². The van der Waals surface area contributed by atoms with Crippen molar-refractivity contribution in [2.75, 3.05) is 21.3 Å². The first kappa shape index (κ1) is 23.9. The Kier molecular flexibility index (Phi) is 6.27. The minimum absolute atomic E-state index is 0.0494. The molecule has 7 heteroatoms. The van der Waals surface area contributed by atoms with E-state index in [1.165, 1.54) is 12.1 Å². The largest absolute Gasteiger partial charge is 0.496 e. The van der Waals surface area contributed by atoms with E-state index < -0.39 is 10.5 Å². The van der Waals surface area contributed by atoms with Crippen molar-refractivity contribution in [2.45, 2.75) is 5.60 Å². The zero-order valence-electron chi connectivity index (χ0n) is 20.6. The van der Waals surface area contributed by atoms with E-state index in [1.807, 2.05) is 66.7 Å². The van der Waals surface area contributed by atoms with E-state index >= 15 is 0 Å². The van der Waals surface area contributed by atoms with Crippen LogP contribution < -0.4 is 18.9 Å². The Morgan fingerprint density at radius 2 is 1.32 bits per heavy atom. The predicted molar refractivity (Wildman–Crippen MR) is 141 cm³/mol. The molecule has 186 valence electrons. The molecular weight excluding hydrogens is 470 g/mol. The minimum Gasteiger partial charge on any atom is -0.496 e. The summed E-state index contributed by atoms with van der Waals surface area (Å²) >= 11 is 0. The molecule has 0 aromatic heterocycles. The third-order valence-electron chi connectivity index (χ3n) is 6.47. The van der Waals surface area contributed by atoms with Crippen LogP contribution in [0.4, 0.5) is 5.69 Å². The van der Waals surface area contributed by atoms with Crippen molar-refractivity contribution in [3.05, 3.63) is 129 Å². The van der Waals surface area contributed by atoms with Crippen LogP contribution >= 0.6 is 0 Å². The second-order valence-electron chi connectivity index (χ2n) is 8.47. The van der Waals surface area contributed by atoms with Gasteiger partial charge in [0.15, 0.2) is 5.60 Å². The summed E-state index contributed by atoms with van der Waals surface area (Å²) in [6, 6.07) is 27.8. The molecule has 0 fully saturated rings. The van der Waals surface area contributed by atoms with E-state index in [2.05, 4.69) is 0 Å². The first-order valence-electron chi connectivity index (χ1n) is 11.6. The average Bonchev–Trinajstić information content (AvgIpc) is 2.96. The number of hydrogen-bond acceptors (Lipinski definition) is 6. The molecule has 0 aliphatic carbocycles. The number of hydrogen-bond donors (Lipinski definition) is 0. The van der Waals surface area contributed by atoms with Gasteiger partial charge >= 0.3 is 0 Å². The van der Waals surface area contributed by atoms with Gasteiger partial charge in [0.1, 0.15) is 23.0 Å². The Hall–Kier alpha value is -4.78. The summed E-state index contributed by atoms with van der Waals surface area (Å²) in [6.45, 7) is 0. The minimum atomic E-state index is -1.03. The fourth-order valence-electron chi connectivity index (χ4n) is 4.72. The number of non-ortho nitro benzene ring substituents is 1. The van der Waals surface area contributed by atoms with Crippen LogP contribution in [0.2, 0.25) is 0 Å². The Labute approximate surface area is 214 Å². The molecule has 0 saturated carbocycles. The fraction of sp³-hybridized carbons (Fsp3) is 0.133. The van der Waals surface area contributed by atoms with Crippen LogP contribution in [0.1, 0.15) is 22.3 Å². The maximum absolute atomic E-state index is 11.7. The van der Waals surface area contributed by atoms with E-state index in [4.69, 9.17) is 18.9 Å². The number of ether oxygens (including phenoxy) is 4. The first-order valence-corrected chi connectivity index (χ1v) is 11.6. The first-order chi connectivity index (χ1) is 18.0. The Morgan fingerprint density at radius 1 is 0.757 bits per heavy atom. The Balaban J connectivity index is 1.90. The lowest BCUT2D eigenvalue weighted by molar-refractivity contribution is -0.384. The van der Waals surface area contributed by atoms with Crippen LogP contribution in [0, 0.1) is 10.1 Å². The molecule has 5 rings (SSSR count). The van der Waals surface area contributed by atoms with Gasteiger partial charge in [-0.15, -0.1) is 0 Å². The summed E-state index contributed by atoms with van der Waals surface area (Å²) in [5.41, 5.74) is 2.58. The van der Waals surface area contributed by atoms with Gasteiger partial charge < -0.3 is 18.9 Å². The van der Waals surface area contributed by atoms with Gasteiger partial charge in [0, 0.05) is 46.5 Å². The zero-order valence-corrected chi connectivity index (χ0v) is 20.6. The van der Waals surface area contributed by atoms with E-state index in [9.17, 15) is 10.1 Å². The second-order valence-corrected chi connectivity index (χ2v) is 8.47. The number of rotatable bonds is 7. The highest BCUT2D eigenvalue weighted by Crippen LogP contribution is 2.51. The number of fused-ring (bicyclic) bond motifs is 1. The molecule has 0 atom stereocenters. The molecule has 0 radical (unpaired) electrons. The predicted octanol–water partition coefficient (Wildman–Crippen LogP) is 6.39. The van der Waals surface area contributed by atoms with Crippen LogP contribution in [0.5, 0.6) is 23.0 Å². The summed E-state index contributed by atoms with van der Waals surface area (Å²) in [6.07, 6.45) is 1.98. The molecule has 4 aromatic rings. The van der Waals surface area contributed by atoms with E-state index in [0.29, 0.717) is 39.7 Å². The number of benzene rings is 4. The van der Waals surface area contributed by atoms with E-state index in [0.717, 1.165) is 11.1 Å². The number of nitrogens with zero attached hydrogens (tertiary/aromatic N) is 1. The number of methoxy groups -OCH3 is 3. The van der Waals surface area contributed by atoms with Gasteiger partial charge in [-0.3, -0.25) is 10.1 Å². The van der Waals surface area contributed by atoms with Gasteiger partial charge in [0.05, 0.1) is 31.8 Å². The maximum atomic E-state index is 11.7. The lowest BCUT2D eigenvalue weighted by atomic mass is 9.79. The molecule has 1 aliphatic rings. The highest BCUT2D eigenvalue weighted by atomic mass is 16.6. The molecule has 0 unspecified atom stereocenters. The molecular formula is C30H25NO6. The molecule has 37 heavy (non-hydrogen) atoms. The molecule has 1 heterocycles. The Bertz CT molecular complexity index is 1420. The van der Waals surface area contributed by atoms with Crippen molar-refractivity contribution in [3.63, 3.8) is 0 Å². The van der Waals surface area contributed by atoms with Gasteiger partial charge in [-0.2, -0.15) is 0 Å². The average molecular weight is 496 g/mol.